The zero-order chi connectivity index (χ0) is 13.1. The van der Waals surface area contributed by atoms with E-state index in [1.165, 1.54) is 11.3 Å². The molecule has 0 bridgehead atoms. The minimum Gasteiger partial charge on any atom is -0.375 e. The van der Waals surface area contributed by atoms with Crippen molar-refractivity contribution >= 4 is 56.2 Å². The summed E-state index contributed by atoms with van der Waals surface area (Å²) in [6.45, 7) is 0.467. The topological polar surface area (TPSA) is 38.0 Å². The van der Waals surface area contributed by atoms with E-state index in [2.05, 4.69) is 21.2 Å². The van der Waals surface area contributed by atoms with E-state index in [0.29, 0.717) is 11.6 Å². The molecule has 0 spiro atoms. The second-order valence-corrected chi connectivity index (χ2v) is 6.63. The summed E-state index contributed by atoms with van der Waals surface area (Å²) < 4.78 is 1.62. The highest BCUT2D eigenvalue weighted by molar-refractivity contribution is 9.10. The summed E-state index contributed by atoms with van der Waals surface area (Å²) >= 11 is 17.1. The maximum atomic E-state index is 6.11. The van der Waals surface area contributed by atoms with Gasteiger partial charge in [0.2, 0.25) is 0 Å². The Hall–Kier alpha value is -0.260. The molecule has 0 aliphatic rings. The maximum Gasteiger partial charge on any atom is 0.107 e. The van der Waals surface area contributed by atoms with Crippen molar-refractivity contribution in [3.8, 4) is 0 Å². The van der Waals surface area contributed by atoms with Crippen LogP contribution in [0.1, 0.15) is 10.9 Å². The van der Waals surface area contributed by atoms with Gasteiger partial charge in [0.25, 0.3) is 0 Å². The molecule has 0 saturated heterocycles. The molecule has 0 radical (unpaired) electrons. The van der Waals surface area contributed by atoms with Crippen LogP contribution in [-0.4, -0.2) is 6.54 Å². The molecule has 2 nitrogen and oxygen atoms in total. The van der Waals surface area contributed by atoms with Gasteiger partial charge >= 0.3 is 0 Å². The van der Waals surface area contributed by atoms with Crippen molar-refractivity contribution in [2.45, 2.75) is 6.04 Å². The van der Waals surface area contributed by atoms with Crippen LogP contribution in [0.3, 0.4) is 0 Å². The highest BCUT2D eigenvalue weighted by Gasteiger charge is 2.15. The maximum absolute atomic E-state index is 6.11. The second kappa shape index (κ2) is 6.26. The number of thiophene rings is 1. The molecule has 2 aromatic rings. The number of nitrogens with one attached hydrogen (secondary N) is 1. The summed E-state index contributed by atoms with van der Waals surface area (Å²) in [5.41, 5.74) is 6.68. The molecule has 96 valence electrons. The summed E-state index contributed by atoms with van der Waals surface area (Å²) in [4.78, 5) is 1.08. The molecule has 0 saturated carbocycles. The quantitative estimate of drug-likeness (QED) is 0.806. The summed E-state index contributed by atoms with van der Waals surface area (Å²) in [7, 11) is 0. The number of nitrogens with two attached hydrogens (primary N) is 1. The molecule has 6 heteroatoms. The predicted molar refractivity (Wildman–Crippen MR) is 83.9 cm³/mol. The lowest BCUT2D eigenvalue weighted by Crippen LogP contribution is -2.19. The van der Waals surface area contributed by atoms with Crippen LogP contribution in [0.15, 0.2) is 34.8 Å². The van der Waals surface area contributed by atoms with Crippen molar-refractivity contribution in [2.24, 2.45) is 5.73 Å². The fourth-order valence-electron chi connectivity index (χ4n) is 1.55. The van der Waals surface area contributed by atoms with Gasteiger partial charge in [0.05, 0.1) is 16.8 Å². The Balaban J connectivity index is 2.22. The molecule has 18 heavy (non-hydrogen) atoms. The highest BCUT2D eigenvalue weighted by Crippen LogP contribution is 2.36. The average Bonchev–Trinajstić information content (AvgIpc) is 2.68. The average molecular weight is 366 g/mol. The molecule has 2 rings (SSSR count). The van der Waals surface area contributed by atoms with E-state index in [4.69, 9.17) is 28.9 Å². The second-order valence-electron chi connectivity index (χ2n) is 3.68. The van der Waals surface area contributed by atoms with Gasteiger partial charge < -0.3 is 11.1 Å². The van der Waals surface area contributed by atoms with Crippen molar-refractivity contribution in [1.29, 1.82) is 0 Å². The first-order valence-electron chi connectivity index (χ1n) is 5.27. The van der Waals surface area contributed by atoms with Gasteiger partial charge in [-0.2, -0.15) is 0 Å². The van der Waals surface area contributed by atoms with Crippen LogP contribution in [0.25, 0.3) is 0 Å². The minimum atomic E-state index is -0.00120. The van der Waals surface area contributed by atoms with E-state index in [0.717, 1.165) is 19.4 Å². The Bertz CT molecular complexity index is 525. The fourth-order valence-corrected chi connectivity index (χ4v) is 3.54. The summed E-state index contributed by atoms with van der Waals surface area (Å²) in [5, 5.41) is 4.01. The zero-order valence-corrected chi connectivity index (χ0v) is 13.2. The number of benzene rings is 1. The lowest BCUT2D eigenvalue weighted by Gasteiger charge is -2.17. The van der Waals surface area contributed by atoms with Crippen LogP contribution in [0.2, 0.25) is 9.36 Å². The van der Waals surface area contributed by atoms with Crippen LogP contribution in [-0.2, 0) is 0 Å². The van der Waals surface area contributed by atoms with Gasteiger partial charge in [-0.05, 0) is 34.1 Å². The SMILES string of the molecule is NCC(Nc1ccccc1Cl)c1cc(Br)c(Cl)s1. The summed E-state index contributed by atoms with van der Waals surface area (Å²) in [5.74, 6) is 0. The first-order chi connectivity index (χ1) is 8.61. The Morgan fingerprint density at radius 3 is 2.61 bits per heavy atom. The number of halogens is 3. The van der Waals surface area contributed by atoms with E-state index in [9.17, 15) is 0 Å². The molecule has 1 aromatic heterocycles. The molecular weight excluding hydrogens is 355 g/mol. The molecule has 1 heterocycles. The fraction of sp³-hybridized carbons (Fsp3) is 0.167. The Morgan fingerprint density at radius 1 is 1.33 bits per heavy atom. The van der Waals surface area contributed by atoms with Gasteiger partial charge in [-0.1, -0.05) is 35.3 Å². The largest absolute Gasteiger partial charge is 0.375 e. The van der Waals surface area contributed by atoms with Gasteiger partial charge in [0, 0.05) is 15.9 Å². The van der Waals surface area contributed by atoms with Crippen molar-refractivity contribution in [3.63, 3.8) is 0 Å². The lowest BCUT2D eigenvalue weighted by molar-refractivity contribution is 0.806. The molecule has 1 unspecified atom stereocenters. The van der Waals surface area contributed by atoms with Crippen molar-refractivity contribution in [3.05, 3.63) is 49.0 Å². The Morgan fingerprint density at radius 2 is 2.06 bits per heavy atom. The summed E-state index contributed by atoms with van der Waals surface area (Å²) in [6.07, 6.45) is 0. The molecule has 0 aliphatic carbocycles. The first kappa shape index (κ1) is 14.2. The number of hydrogen-bond acceptors (Lipinski definition) is 3. The van der Waals surface area contributed by atoms with Crippen molar-refractivity contribution in [1.82, 2.24) is 0 Å². The van der Waals surface area contributed by atoms with Crippen molar-refractivity contribution < 1.29 is 0 Å². The van der Waals surface area contributed by atoms with E-state index in [1.807, 2.05) is 30.3 Å². The van der Waals surface area contributed by atoms with Crippen LogP contribution < -0.4 is 11.1 Å². The smallest absolute Gasteiger partial charge is 0.107 e. The predicted octanol–water partition coefficient (Wildman–Crippen LogP) is 4.93. The first-order valence-corrected chi connectivity index (χ1v) is 7.64. The van der Waals surface area contributed by atoms with Crippen LogP contribution >= 0.6 is 50.5 Å². The third-order valence-corrected chi connectivity index (χ3v) is 5.36. The van der Waals surface area contributed by atoms with Gasteiger partial charge in [-0.3, -0.25) is 0 Å². The number of anilines is 1. The van der Waals surface area contributed by atoms with E-state index in [1.54, 1.807) is 0 Å². The molecule has 3 N–H and O–H groups in total. The molecule has 0 amide bonds. The Labute approximate surface area is 128 Å². The van der Waals surface area contributed by atoms with Crippen molar-refractivity contribution in [2.75, 3.05) is 11.9 Å². The number of rotatable bonds is 4. The number of hydrogen-bond donors (Lipinski definition) is 2. The van der Waals surface area contributed by atoms with Crippen LogP contribution in [0.4, 0.5) is 5.69 Å². The third-order valence-electron chi connectivity index (χ3n) is 2.45. The van der Waals surface area contributed by atoms with Crippen LogP contribution in [0.5, 0.6) is 0 Å². The Kier molecular flexibility index (Phi) is 4.92. The molecular formula is C12H11BrCl2N2S. The number of para-hydroxylation sites is 1. The molecule has 0 fully saturated rings. The highest BCUT2D eigenvalue weighted by atomic mass is 79.9. The van der Waals surface area contributed by atoms with E-state index < -0.39 is 0 Å². The molecule has 0 aliphatic heterocycles. The van der Waals surface area contributed by atoms with Gasteiger partial charge in [-0.25, -0.2) is 0 Å². The summed E-state index contributed by atoms with van der Waals surface area (Å²) in [6, 6.07) is 9.57. The van der Waals surface area contributed by atoms with Gasteiger partial charge in [-0.15, -0.1) is 11.3 Å². The molecule has 1 aromatic carbocycles. The molecule has 1 atom stereocenters. The lowest BCUT2D eigenvalue weighted by atomic mass is 10.2. The standard InChI is InChI=1S/C12H11BrCl2N2S/c13-7-5-11(18-12(7)15)10(6-16)17-9-4-2-1-3-8(9)14/h1-5,10,17H,6,16H2. The zero-order valence-electron chi connectivity index (χ0n) is 9.29. The monoisotopic (exact) mass is 364 g/mol. The van der Waals surface area contributed by atoms with Gasteiger partial charge in [0.15, 0.2) is 0 Å². The minimum absolute atomic E-state index is 0.00120. The normalized spacial score (nSPS) is 12.4. The van der Waals surface area contributed by atoms with Gasteiger partial charge in [0.1, 0.15) is 4.34 Å². The van der Waals surface area contributed by atoms with E-state index >= 15 is 0 Å². The van der Waals surface area contributed by atoms with E-state index in [-0.39, 0.29) is 6.04 Å². The van der Waals surface area contributed by atoms with Crippen LogP contribution in [0, 0.1) is 0 Å². The third kappa shape index (κ3) is 3.19.